The van der Waals surface area contributed by atoms with Crippen LogP contribution in [0, 0.1) is 5.92 Å². The molecule has 1 aliphatic heterocycles. The van der Waals surface area contributed by atoms with E-state index in [1.54, 1.807) is 18.1 Å². The summed E-state index contributed by atoms with van der Waals surface area (Å²) in [6.45, 7) is 3.21. The number of carbonyl (C=O) groups excluding carboxylic acids is 2. The summed E-state index contributed by atoms with van der Waals surface area (Å²) in [7, 11) is 1.60. The Morgan fingerprint density at radius 2 is 2.23 bits per heavy atom. The third-order valence-corrected chi connectivity index (χ3v) is 4.25. The summed E-state index contributed by atoms with van der Waals surface area (Å²) in [6.07, 6.45) is 0.252. The molecule has 6 heteroatoms. The second-order valence-corrected chi connectivity index (χ2v) is 5.97. The number of amides is 2. The average molecular weight is 325 g/mol. The van der Waals surface area contributed by atoms with E-state index in [9.17, 15) is 9.59 Å². The van der Waals surface area contributed by atoms with E-state index in [-0.39, 0.29) is 30.2 Å². The summed E-state index contributed by atoms with van der Waals surface area (Å²) < 4.78 is 5.07. The first kappa shape index (κ1) is 16.8. The topological polar surface area (TPSA) is 58.6 Å². The van der Waals surface area contributed by atoms with E-state index >= 15 is 0 Å². The zero-order chi connectivity index (χ0) is 16.1. The van der Waals surface area contributed by atoms with E-state index in [0.717, 1.165) is 5.56 Å². The number of hydrogen-bond donors (Lipinski definition) is 1. The normalized spacial score (nSPS) is 19.3. The van der Waals surface area contributed by atoms with Crippen LogP contribution in [0.3, 0.4) is 0 Å². The minimum absolute atomic E-state index is 0.00226. The maximum Gasteiger partial charge on any atom is 0.225 e. The highest BCUT2D eigenvalue weighted by Gasteiger charge is 2.36. The average Bonchev–Trinajstić information content (AvgIpc) is 2.88. The van der Waals surface area contributed by atoms with Crippen molar-refractivity contribution in [3.63, 3.8) is 0 Å². The summed E-state index contributed by atoms with van der Waals surface area (Å²) in [4.78, 5) is 26.0. The number of hydrogen-bond acceptors (Lipinski definition) is 3. The number of nitrogens with one attached hydrogen (secondary N) is 1. The molecule has 2 atom stereocenters. The van der Waals surface area contributed by atoms with Crippen molar-refractivity contribution in [3.05, 3.63) is 34.9 Å². The number of halogens is 1. The van der Waals surface area contributed by atoms with Crippen molar-refractivity contribution in [3.8, 4) is 0 Å². The lowest BCUT2D eigenvalue weighted by molar-refractivity contribution is -0.130. The van der Waals surface area contributed by atoms with Crippen molar-refractivity contribution in [1.82, 2.24) is 10.2 Å². The smallest absolute Gasteiger partial charge is 0.225 e. The van der Waals surface area contributed by atoms with Crippen LogP contribution in [0.1, 0.15) is 18.9 Å². The monoisotopic (exact) mass is 324 g/mol. The van der Waals surface area contributed by atoms with Gasteiger partial charge in [-0.25, -0.2) is 0 Å². The van der Waals surface area contributed by atoms with Crippen molar-refractivity contribution in [1.29, 1.82) is 0 Å². The van der Waals surface area contributed by atoms with Crippen molar-refractivity contribution >= 4 is 23.4 Å². The van der Waals surface area contributed by atoms with Crippen LogP contribution in [-0.2, 0) is 20.9 Å². The number of ether oxygens (including phenoxy) is 1. The van der Waals surface area contributed by atoms with Gasteiger partial charge in [0, 0.05) is 31.6 Å². The quantitative estimate of drug-likeness (QED) is 0.868. The molecule has 0 aromatic heterocycles. The van der Waals surface area contributed by atoms with Crippen LogP contribution >= 0.6 is 11.6 Å². The Hall–Kier alpha value is -1.59. The van der Waals surface area contributed by atoms with Crippen molar-refractivity contribution in [2.75, 3.05) is 20.3 Å². The molecule has 1 fully saturated rings. The molecule has 1 aromatic carbocycles. The molecule has 2 amide bonds. The minimum atomic E-state index is -0.311. The molecule has 1 saturated heterocycles. The standard InChI is InChI=1S/C16H21ClN2O3/c1-11(10-22-2)19-9-13(7-15(19)20)16(21)18-8-12-5-3-4-6-14(12)17/h3-6,11,13H,7-10H2,1-2H3,(H,18,21)/t11-,13-/m1/s1. The Kier molecular flexibility index (Phi) is 5.80. The first-order chi connectivity index (χ1) is 10.5. The molecule has 1 aromatic rings. The van der Waals surface area contributed by atoms with Crippen LogP contribution in [0.15, 0.2) is 24.3 Å². The first-order valence-electron chi connectivity index (χ1n) is 7.32. The van der Waals surface area contributed by atoms with Crippen LogP contribution < -0.4 is 5.32 Å². The molecule has 1 aliphatic rings. The van der Waals surface area contributed by atoms with Gasteiger partial charge >= 0.3 is 0 Å². The van der Waals surface area contributed by atoms with E-state index < -0.39 is 0 Å². The second kappa shape index (κ2) is 7.61. The van der Waals surface area contributed by atoms with Crippen LogP contribution in [0.25, 0.3) is 0 Å². The van der Waals surface area contributed by atoms with Gasteiger partial charge in [0.25, 0.3) is 0 Å². The van der Waals surface area contributed by atoms with Gasteiger partial charge in [-0.15, -0.1) is 0 Å². The number of carbonyl (C=O) groups is 2. The maximum atomic E-state index is 12.2. The molecule has 0 spiro atoms. The maximum absolute atomic E-state index is 12.2. The first-order valence-corrected chi connectivity index (χ1v) is 7.70. The fourth-order valence-corrected chi connectivity index (χ4v) is 2.84. The van der Waals surface area contributed by atoms with Crippen LogP contribution in [0.5, 0.6) is 0 Å². The van der Waals surface area contributed by atoms with Crippen molar-refractivity contribution in [2.45, 2.75) is 25.9 Å². The molecule has 5 nitrogen and oxygen atoms in total. The highest BCUT2D eigenvalue weighted by atomic mass is 35.5. The zero-order valence-corrected chi connectivity index (χ0v) is 13.6. The molecular weight excluding hydrogens is 304 g/mol. The molecule has 0 bridgehead atoms. The summed E-state index contributed by atoms with van der Waals surface area (Å²) in [5.74, 6) is -0.419. The van der Waals surface area contributed by atoms with E-state index in [4.69, 9.17) is 16.3 Å². The Labute approximate surface area is 135 Å². The Balaban J connectivity index is 1.89. The number of likely N-dealkylation sites (tertiary alicyclic amines) is 1. The number of methoxy groups -OCH3 is 1. The predicted octanol–water partition coefficient (Wildman–Crippen LogP) is 1.84. The van der Waals surface area contributed by atoms with E-state index in [1.165, 1.54) is 0 Å². The molecule has 22 heavy (non-hydrogen) atoms. The van der Waals surface area contributed by atoms with Gasteiger partial charge in [-0.05, 0) is 18.6 Å². The third-order valence-electron chi connectivity index (χ3n) is 3.88. The van der Waals surface area contributed by atoms with Gasteiger partial charge in [-0.2, -0.15) is 0 Å². The third kappa shape index (κ3) is 3.99. The molecule has 120 valence electrons. The number of nitrogens with zero attached hydrogens (tertiary/aromatic N) is 1. The Morgan fingerprint density at radius 1 is 1.50 bits per heavy atom. The molecule has 0 unspecified atom stereocenters. The Bertz CT molecular complexity index is 550. The van der Waals surface area contributed by atoms with Crippen molar-refractivity contribution in [2.24, 2.45) is 5.92 Å². The molecule has 0 saturated carbocycles. The second-order valence-electron chi connectivity index (χ2n) is 5.56. The van der Waals surface area contributed by atoms with Gasteiger partial charge in [0.05, 0.1) is 18.6 Å². The molecular formula is C16H21ClN2O3. The summed E-state index contributed by atoms with van der Waals surface area (Å²) in [5, 5.41) is 3.49. The Morgan fingerprint density at radius 3 is 2.91 bits per heavy atom. The fourth-order valence-electron chi connectivity index (χ4n) is 2.63. The van der Waals surface area contributed by atoms with Gasteiger partial charge < -0.3 is 15.0 Å². The van der Waals surface area contributed by atoms with E-state index in [1.807, 2.05) is 25.1 Å². The predicted molar refractivity (Wildman–Crippen MR) is 84.5 cm³/mol. The molecule has 1 N–H and O–H groups in total. The summed E-state index contributed by atoms with van der Waals surface area (Å²) in [5.41, 5.74) is 0.867. The molecule has 2 rings (SSSR count). The number of rotatable bonds is 6. The molecule has 1 heterocycles. The lowest BCUT2D eigenvalue weighted by atomic mass is 10.1. The van der Waals surface area contributed by atoms with Crippen LogP contribution in [-0.4, -0.2) is 43.0 Å². The van der Waals surface area contributed by atoms with Crippen molar-refractivity contribution < 1.29 is 14.3 Å². The van der Waals surface area contributed by atoms with E-state index in [2.05, 4.69) is 5.32 Å². The zero-order valence-electron chi connectivity index (χ0n) is 12.8. The van der Waals surface area contributed by atoms with E-state index in [0.29, 0.717) is 24.7 Å². The fraction of sp³-hybridized carbons (Fsp3) is 0.500. The highest BCUT2D eigenvalue weighted by molar-refractivity contribution is 6.31. The van der Waals surface area contributed by atoms with Gasteiger partial charge in [0.1, 0.15) is 0 Å². The van der Waals surface area contributed by atoms with Gasteiger partial charge in [-0.3, -0.25) is 9.59 Å². The van der Waals surface area contributed by atoms with Crippen LogP contribution in [0.2, 0.25) is 5.02 Å². The molecule has 0 aliphatic carbocycles. The van der Waals surface area contributed by atoms with Gasteiger partial charge in [0.15, 0.2) is 0 Å². The SMILES string of the molecule is COC[C@@H](C)N1C[C@H](C(=O)NCc2ccccc2Cl)CC1=O. The van der Waals surface area contributed by atoms with Gasteiger partial charge in [0.2, 0.25) is 11.8 Å². The number of benzene rings is 1. The molecule has 0 radical (unpaired) electrons. The minimum Gasteiger partial charge on any atom is -0.383 e. The lowest BCUT2D eigenvalue weighted by Crippen LogP contribution is -2.38. The van der Waals surface area contributed by atoms with Crippen LogP contribution in [0.4, 0.5) is 0 Å². The summed E-state index contributed by atoms with van der Waals surface area (Å²) in [6, 6.07) is 7.36. The van der Waals surface area contributed by atoms with Gasteiger partial charge in [-0.1, -0.05) is 29.8 Å². The largest absolute Gasteiger partial charge is 0.383 e. The lowest BCUT2D eigenvalue weighted by Gasteiger charge is -2.23. The highest BCUT2D eigenvalue weighted by Crippen LogP contribution is 2.21. The summed E-state index contributed by atoms with van der Waals surface area (Å²) >= 11 is 6.06.